The number of nitrogens with zero attached hydrogens (tertiary/aromatic N) is 1. The Labute approximate surface area is 175 Å². The highest BCUT2D eigenvalue weighted by Crippen LogP contribution is 2.28. The summed E-state index contributed by atoms with van der Waals surface area (Å²) in [4.78, 5) is 14.1. The van der Waals surface area contributed by atoms with Gasteiger partial charge in [0.05, 0.1) is 7.11 Å². The number of ether oxygens (including phenoxy) is 2. The van der Waals surface area contributed by atoms with E-state index in [2.05, 4.69) is 15.5 Å². The summed E-state index contributed by atoms with van der Waals surface area (Å²) in [5.74, 6) is 2.18. The van der Waals surface area contributed by atoms with Gasteiger partial charge in [0.1, 0.15) is 6.61 Å². The normalized spacial score (nSPS) is 15.6. The first-order valence-electron chi connectivity index (χ1n) is 9.00. The van der Waals surface area contributed by atoms with Crippen molar-refractivity contribution in [3.05, 3.63) is 23.8 Å². The van der Waals surface area contributed by atoms with Crippen LogP contribution in [-0.2, 0) is 11.3 Å². The second-order valence-corrected chi connectivity index (χ2v) is 6.81. The van der Waals surface area contributed by atoms with Gasteiger partial charge in [-0.2, -0.15) is 0 Å². The molecule has 6 nitrogen and oxygen atoms in total. The summed E-state index contributed by atoms with van der Waals surface area (Å²) in [6, 6.07) is 5.79. The minimum Gasteiger partial charge on any atom is -0.493 e. The lowest BCUT2D eigenvalue weighted by Crippen LogP contribution is -2.23. The monoisotopic (exact) mass is 421 g/mol. The van der Waals surface area contributed by atoms with Crippen LogP contribution in [-0.4, -0.2) is 58.3 Å². The SMILES string of the molecule is COc1cc(CNC(=O)CCC2CCNC2)ccc1OCCN(C)C.Cl.Cl. The van der Waals surface area contributed by atoms with Crippen LogP contribution in [0.1, 0.15) is 24.8 Å². The van der Waals surface area contributed by atoms with Crippen LogP contribution in [0.3, 0.4) is 0 Å². The molecule has 1 aliphatic heterocycles. The summed E-state index contributed by atoms with van der Waals surface area (Å²) in [7, 11) is 5.65. The molecule has 2 rings (SSSR count). The van der Waals surface area contributed by atoms with Crippen LogP contribution in [0.25, 0.3) is 0 Å². The summed E-state index contributed by atoms with van der Waals surface area (Å²) < 4.78 is 11.2. The number of halogens is 2. The number of amides is 1. The van der Waals surface area contributed by atoms with Crippen molar-refractivity contribution in [2.45, 2.75) is 25.8 Å². The van der Waals surface area contributed by atoms with E-state index in [1.807, 2.05) is 32.3 Å². The van der Waals surface area contributed by atoms with Crippen molar-refractivity contribution in [3.8, 4) is 11.5 Å². The fourth-order valence-electron chi connectivity index (χ4n) is 2.86. The molecule has 1 saturated heterocycles. The van der Waals surface area contributed by atoms with E-state index in [0.29, 0.717) is 31.2 Å². The molecule has 1 aromatic rings. The molecule has 0 aliphatic carbocycles. The Morgan fingerprint density at radius 3 is 2.70 bits per heavy atom. The Morgan fingerprint density at radius 2 is 2.07 bits per heavy atom. The third-order valence-electron chi connectivity index (χ3n) is 4.46. The molecule has 156 valence electrons. The fourth-order valence-corrected chi connectivity index (χ4v) is 2.86. The van der Waals surface area contributed by atoms with Crippen LogP contribution < -0.4 is 20.1 Å². The smallest absolute Gasteiger partial charge is 0.220 e. The van der Waals surface area contributed by atoms with Crippen molar-refractivity contribution < 1.29 is 14.3 Å². The van der Waals surface area contributed by atoms with Gasteiger partial charge < -0.3 is 25.0 Å². The van der Waals surface area contributed by atoms with Gasteiger partial charge in [0.25, 0.3) is 0 Å². The number of benzene rings is 1. The number of carbonyl (C=O) groups is 1. The molecular weight excluding hydrogens is 389 g/mol. The topological polar surface area (TPSA) is 62.8 Å². The molecule has 1 atom stereocenters. The number of carbonyl (C=O) groups excluding carboxylic acids is 1. The van der Waals surface area contributed by atoms with Crippen molar-refractivity contribution in [3.63, 3.8) is 0 Å². The highest BCUT2D eigenvalue weighted by molar-refractivity contribution is 5.85. The molecule has 1 fully saturated rings. The van der Waals surface area contributed by atoms with Gasteiger partial charge in [0.2, 0.25) is 5.91 Å². The molecule has 0 spiro atoms. The zero-order valence-electron chi connectivity index (χ0n) is 16.5. The van der Waals surface area contributed by atoms with Crippen LogP contribution in [0.5, 0.6) is 11.5 Å². The maximum Gasteiger partial charge on any atom is 0.220 e. The van der Waals surface area contributed by atoms with Gasteiger partial charge in [0, 0.05) is 19.5 Å². The predicted octanol–water partition coefficient (Wildman–Crippen LogP) is 2.49. The Balaban J connectivity index is 0.00000338. The lowest BCUT2D eigenvalue weighted by Gasteiger charge is -2.14. The van der Waals surface area contributed by atoms with Crippen LogP contribution in [0.4, 0.5) is 0 Å². The standard InChI is InChI=1S/C19H31N3O3.2ClH/c1-22(2)10-11-25-17-6-4-16(12-18(17)24-3)14-21-19(23)7-5-15-8-9-20-13-15;;/h4,6,12,15,20H,5,7-11,13-14H2,1-3H3,(H,21,23);2*1H. The molecule has 0 bridgehead atoms. The molecule has 0 radical (unpaired) electrons. The van der Waals surface area contributed by atoms with E-state index < -0.39 is 0 Å². The highest BCUT2D eigenvalue weighted by Gasteiger charge is 2.15. The third-order valence-corrected chi connectivity index (χ3v) is 4.46. The third kappa shape index (κ3) is 9.51. The maximum atomic E-state index is 12.0. The molecular formula is C19H33Cl2N3O3. The second kappa shape index (κ2) is 13.9. The second-order valence-electron chi connectivity index (χ2n) is 6.81. The van der Waals surface area contributed by atoms with Crippen LogP contribution >= 0.6 is 24.8 Å². The minimum atomic E-state index is 0. The van der Waals surface area contributed by atoms with E-state index in [1.165, 1.54) is 6.42 Å². The molecule has 0 saturated carbocycles. The summed E-state index contributed by atoms with van der Waals surface area (Å²) in [5.41, 5.74) is 1.01. The molecule has 8 heteroatoms. The van der Waals surface area contributed by atoms with Crippen LogP contribution in [0.2, 0.25) is 0 Å². The number of rotatable bonds is 10. The number of hydrogen-bond acceptors (Lipinski definition) is 5. The fraction of sp³-hybridized carbons (Fsp3) is 0.632. The molecule has 1 amide bonds. The first-order valence-corrected chi connectivity index (χ1v) is 9.00. The number of nitrogens with one attached hydrogen (secondary N) is 2. The molecule has 0 aromatic heterocycles. The number of methoxy groups -OCH3 is 1. The Bertz CT molecular complexity index is 553. The first-order chi connectivity index (χ1) is 12.1. The quantitative estimate of drug-likeness (QED) is 0.607. The van der Waals surface area contributed by atoms with Gasteiger partial charge in [0.15, 0.2) is 11.5 Å². The first kappa shape index (κ1) is 25.8. The van der Waals surface area contributed by atoms with Crippen molar-refractivity contribution >= 4 is 30.7 Å². The summed E-state index contributed by atoms with van der Waals surface area (Å²) in [6.45, 7) is 4.08. The van der Waals surface area contributed by atoms with E-state index in [4.69, 9.17) is 9.47 Å². The summed E-state index contributed by atoms with van der Waals surface area (Å²) >= 11 is 0. The van der Waals surface area contributed by atoms with Crippen LogP contribution in [0, 0.1) is 5.92 Å². The average Bonchev–Trinajstić information content (AvgIpc) is 3.12. The van der Waals surface area contributed by atoms with Gasteiger partial charge in [-0.05, 0) is 63.6 Å². The molecule has 1 unspecified atom stereocenters. The lowest BCUT2D eigenvalue weighted by atomic mass is 10.0. The summed E-state index contributed by atoms with van der Waals surface area (Å²) in [6.07, 6.45) is 2.73. The zero-order valence-corrected chi connectivity index (χ0v) is 18.1. The van der Waals surface area contributed by atoms with Crippen molar-refractivity contribution in [2.24, 2.45) is 5.92 Å². The van der Waals surface area contributed by atoms with Crippen molar-refractivity contribution in [2.75, 3.05) is 47.4 Å². The van der Waals surface area contributed by atoms with Crippen molar-refractivity contribution in [1.82, 2.24) is 15.5 Å². The van der Waals surface area contributed by atoms with Gasteiger partial charge in [-0.25, -0.2) is 0 Å². The Hall–Kier alpha value is -1.21. The number of likely N-dealkylation sites (N-methyl/N-ethyl adjacent to an activating group) is 1. The van der Waals surface area contributed by atoms with E-state index in [9.17, 15) is 4.79 Å². The zero-order chi connectivity index (χ0) is 18.1. The molecule has 1 aromatic carbocycles. The van der Waals surface area contributed by atoms with Gasteiger partial charge >= 0.3 is 0 Å². The van der Waals surface area contributed by atoms with Crippen molar-refractivity contribution in [1.29, 1.82) is 0 Å². The average molecular weight is 422 g/mol. The van der Waals surface area contributed by atoms with Gasteiger partial charge in [-0.1, -0.05) is 6.07 Å². The van der Waals surface area contributed by atoms with E-state index in [-0.39, 0.29) is 30.7 Å². The van der Waals surface area contributed by atoms with Gasteiger partial charge in [-0.3, -0.25) is 4.79 Å². The molecule has 1 aliphatic rings. The van der Waals surface area contributed by atoms with E-state index in [1.54, 1.807) is 7.11 Å². The predicted molar refractivity (Wildman–Crippen MR) is 114 cm³/mol. The Kier molecular flexibility index (Phi) is 13.3. The highest BCUT2D eigenvalue weighted by atomic mass is 35.5. The minimum absolute atomic E-state index is 0. The molecule has 1 heterocycles. The number of hydrogen-bond donors (Lipinski definition) is 2. The largest absolute Gasteiger partial charge is 0.493 e. The van der Waals surface area contributed by atoms with Crippen LogP contribution in [0.15, 0.2) is 18.2 Å². The van der Waals surface area contributed by atoms with E-state index >= 15 is 0 Å². The summed E-state index contributed by atoms with van der Waals surface area (Å²) in [5, 5.41) is 6.32. The Morgan fingerprint density at radius 1 is 1.30 bits per heavy atom. The molecule has 27 heavy (non-hydrogen) atoms. The molecule has 2 N–H and O–H groups in total. The van der Waals surface area contributed by atoms with E-state index in [0.717, 1.165) is 37.4 Å². The maximum absolute atomic E-state index is 12.0. The lowest BCUT2D eigenvalue weighted by molar-refractivity contribution is -0.121. The van der Waals surface area contributed by atoms with Gasteiger partial charge in [-0.15, -0.1) is 24.8 Å².